The fourth-order valence-electron chi connectivity index (χ4n) is 2.77. The van der Waals surface area contributed by atoms with Crippen molar-refractivity contribution in [2.45, 2.75) is 19.8 Å². The van der Waals surface area contributed by atoms with E-state index in [4.69, 9.17) is 0 Å². The summed E-state index contributed by atoms with van der Waals surface area (Å²) in [5.41, 5.74) is 2.33. The van der Waals surface area contributed by atoms with Gasteiger partial charge in [-0.25, -0.2) is 0 Å². The molecular weight excluding hydrogens is 300 g/mol. The van der Waals surface area contributed by atoms with Crippen molar-refractivity contribution in [3.05, 3.63) is 36.2 Å². The van der Waals surface area contributed by atoms with Gasteiger partial charge in [0.2, 0.25) is 0 Å². The molecule has 118 valence electrons. The van der Waals surface area contributed by atoms with Gasteiger partial charge in [-0.05, 0) is 43.0 Å². The first-order valence-corrected chi connectivity index (χ1v) is 7.36. The second-order valence-electron chi connectivity index (χ2n) is 6.03. The monoisotopic (exact) mass is 320 g/mol. The van der Waals surface area contributed by atoms with Crippen molar-refractivity contribution in [2.24, 2.45) is 5.41 Å². The smallest absolute Gasteiger partial charge is 0.251 e. The number of aromatic nitrogens is 2. The van der Waals surface area contributed by atoms with Gasteiger partial charge >= 0.3 is 0 Å². The van der Waals surface area contributed by atoms with Crippen LogP contribution in [0.3, 0.4) is 0 Å². The van der Waals surface area contributed by atoms with Crippen molar-refractivity contribution in [1.29, 1.82) is 0 Å². The third-order valence-corrected chi connectivity index (χ3v) is 4.09. The summed E-state index contributed by atoms with van der Waals surface area (Å²) in [7, 11) is 0. The van der Waals surface area contributed by atoms with Gasteiger partial charge in [0.25, 0.3) is 5.91 Å². The predicted molar refractivity (Wildman–Crippen MR) is 89.3 cm³/mol. The normalized spacial score (nSPS) is 21.1. The number of hydrogen-bond acceptors (Lipinski definition) is 4. The SMILES string of the molecule is CC1(CNC(=O)c2ccc3nccnc3c2)CCCNC1.Cl. The Morgan fingerprint density at radius 3 is 2.82 bits per heavy atom. The van der Waals surface area contributed by atoms with Gasteiger partial charge in [0.1, 0.15) is 0 Å². The summed E-state index contributed by atoms with van der Waals surface area (Å²) in [4.78, 5) is 20.7. The zero-order valence-electron chi connectivity index (χ0n) is 12.6. The number of halogens is 1. The zero-order chi connectivity index (χ0) is 14.7. The molecule has 2 heterocycles. The fourth-order valence-corrected chi connectivity index (χ4v) is 2.77. The number of rotatable bonds is 3. The Morgan fingerprint density at radius 2 is 2.09 bits per heavy atom. The van der Waals surface area contributed by atoms with E-state index in [9.17, 15) is 4.79 Å². The third-order valence-electron chi connectivity index (χ3n) is 4.09. The number of amides is 1. The first-order valence-electron chi connectivity index (χ1n) is 7.36. The molecule has 2 aromatic rings. The molecule has 5 nitrogen and oxygen atoms in total. The highest BCUT2D eigenvalue weighted by Gasteiger charge is 2.27. The lowest BCUT2D eigenvalue weighted by Crippen LogP contribution is -2.45. The summed E-state index contributed by atoms with van der Waals surface area (Å²) in [6.45, 7) is 4.94. The maximum Gasteiger partial charge on any atom is 0.251 e. The quantitative estimate of drug-likeness (QED) is 0.909. The lowest BCUT2D eigenvalue weighted by atomic mass is 9.83. The van der Waals surface area contributed by atoms with Gasteiger partial charge in [0.15, 0.2) is 0 Å². The van der Waals surface area contributed by atoms with Gasteiger partial charge in [0.05, 0.1) is 11.0 Å². The molecule has 0 saturated carbocycles. The first-order chi connectivity index (χ1) is 10.2. The Hall–Kier alpha value is -1.72. The molecule has 0 spiro atoms. The Bertz CT molecular complexity index is 655. The van der Waals surface area contributed by atoms with E-state index in [2.05, 4.69) is 27.5 Å². The Labute approximate surface area is 136 Å². The minimum atomic E-state index is -0.0469. The molecule has 22 heavy (non-hydrogen) atoms. The number of piperidine rings is 1. The van der Waals surface area contributed by atoms with Crippen LogP contribution in [0.25, 0.3) is 11.0 Å². The molecule has 0 radical (unpaired) electrons. The zero-order valence-corrected chi connectivity index (χ0v) is 13.4. The van der Waals surface area contributed by atoms with E-state index in [-0.39, 0.29) is 23.7 Å². The largest absolute Gasteiger partial charge is 0.351 e. The first kappa shape index (κ1) is 16.6. The fraction of sp³-hybridized carbons (Fsp3) is 0.438. The molecule has 1 unspecified atom stereocenters. The molecule has 0 bridgehead atoms. The van der Waals surface area contributed by atoms with Gasteiger partial charge in [-0.1, -0.05) is 6.92 Å². The summed E-state index contributed by atoms with van der Waals surface area (Å²) < 4.78 is 0. The van der Waals surface area contributed by atoms with Crippen LogP contribution in [0.2, 0.25) is 0 Å². The molecule has 1 amide bonds. The number of nitrogens with one attached hydrogen (secondary N) is 2. The van der Waals surface area contributed by atoms with E-state index in [0.717, 1.165) is 37.0 Å². The van der Waals surface area contributed by atoms with Crippen LogP contribution in [0, 0.1) is 5.41 Å². The van der Waals surface area contributed by atoms with Gasteiger partial charge in [0, 0.05) is 31.0 Å². The Morgan fingerprint density at radius 1 is 1.32 bits per heavy atom. The molecule has 1 aromatic carbocycles. The number of hydrogen-bond donors (Lipinski definition) is 2. The van der Waals surface area contributed by atoms with E-state index in [1.807, 2.05) is 6.07 Å². The average Bonchev–Trinajstić information content (AvgIpc) is 2.53. The van der Waals surface area contributed by atoms with Crippen LogP contribution < -0.4 is 10.6 Å². The van der Waals surface area contributed by atoms with Gasteiger partial charge in [-0.3, -0.25) is 14.8 Å². The van der Waals surface area contributed by atoms with Gasteiger partial charge < -0.3 is 10.6 Å². The number of carbonyl (C=O) groups excluding carboxylic acids is 1. The second-order valence-corrected chi connectivity index (χ2v) is 6.03. The highest BCUT2D eigenvalue weighted by Crippen LogP contribution is 2.24. The Balaban J connectivity index is 0.00000176. The lowest BCUT2D eigenvalue weighted by molar-refractivity contribution is 0.0925. The van der Waals surface area contributed by atoms with Crippen LogP contribution in [0.15, 0.2) is 30.6 Å². The molecule has 0 aliphatic carbocycles. The molecule has 1 aliphatic heterocycles. The number of fused-ring (bicyclic) bond motifs is 1. The molecule has 1 saturated heterocycles. The van der Waals surface area contributed by atoms with Crippen LogP contribution in [0.5, 0.6) is 0 Å². The topological polar surface area (TPSA) is 66.9 Å². The third kappa shape index (κ3) is 3.72. The average molecular weight is 321 g/mol. The number of nitrogens with zero attached hydrogens (tertiary/aromatic N) is 2. The minimum absolute atomic E-state index is 0. The summed E-state index contributed by atoms with van der Waals surface area (Å²) in [6, 6.07) is 5.42. The molecule has 1 fully saturated rings. The van der Waals surface area contributed by atoms with Crippen molar-refractivity contribution < 1.29 is 4.79 Å². The number of carbonyl (C=O) groups is 1. The van der Waals surface area contributed by atoms with E-state index in [1.165, 1.54) is 0 Å². The van der Waals surface area contributed by atoms with E-state index in [1.54, 1.807) is 24.5 Å². The highest BCUT2D eigenvalue weighted by atomic mass is 35.5. The van der Waals surface area contributed by atoms with Crippen molar-refractivity contribution in [3.63, 3.8) is 0 Å². The van der Waals surface area contributed by atoms with Crippen LogP contribution in [-0.4, -0.2) is 35.5 Å². The van der Waals surface area contributed by atoms with Crippen LogP contribution in [0.1, 0.15) is 30.1 Å². The summed E-state index contributed by atoms with van der Waals surface area (Å²) >= 11 is 0. The maximum atomic E-state index is 12.3. The van der Waals surface area contributed by atoms with Crippen LogP contribution >= 0.6 is 12.4 Å². The number of benzene rings is 1. The van der Waals surface area contributed by atoms with E-state index in [0.29, 0.717) is 12.1 Å². The molecule has 3 rings (SSSR count). The minimum Gasteiger partial charge on any atom is -0.351 e. The molecule has 1 aromatic heterocycles. The van der Waals surface area contributed by atoms with Crippen molar-refractivity contribution in [2.75, 3.05) is 19.6 Å². The van der Waals surface area contributed by atoms with E-state index >= 15 is 0 Å². The Kier molecular flexibility index (Phi) is 5.32. The molecule has 6 heteroatoms. The highest BCUT2D eigenvalue weighted by molar-refractivity contribution is 5.97. The van der Waals surface area contributed by atoms with Crippen LogP contribution in [0.4, 0.5) is 0 Å². The summed E-state index contributed by atoms with van der Waals surface area (Å²) in [6.07, 6.45) is 5.60. The van der Waals surface area contributed by atoms with E-state index < -0.39 is 0 Å². The predicted octanol–water partition coefficient (Wildman–Crippen LogP) is 2.17. The molecular formula is C16H21ClN4O. The summed E-state index contributed by atoms with van der Waals surface area (Å²) in [5, 5.41) is 6.44. The van der Waals surface area contributed by atoms with Crippen molar-refractivity contribution in [1.82, 2.24) is 20.6 Å². The standard InChI is InChI=1S/C16H20N4O.ClH/c1-16(5-2-6-17-10-16)11-20-15(21)12-3-4-13-14(9-12)19-8-7-18-13;/h3-4,7-9,17H,2,5-6,10-11H2,1H3,(H,20,21);1H. The second kappa shape index (κ2) is 7.03. The van der Waals surface area contributed by atoms with Crippen LogP contribution in [-0.2, 0) is 0 Å². The summed E-state index contributed by atoms with van der Waals surface area (Å²) in [5.74, 6) is -0.0469. The molecule has 1 aliphatic rings. The molecule has 1 atom stereocenters. The van der Waals surface area contributed by atoms with Gasteiger partial charge in [-0.2, -0.15) is 0 Å². The van der Waals surface area contributed by atoms with Gasteiger partial charge in [-0.15, -0.1) is 12.4 Å². The molecule has 2 N–H and O–H groups in total. The van der Waals surface area contributed by atoms with Crippen molar-refractivity contribution in [3.8, 4) is 0 Å². The maximum absolute atomic E-state index is 12.3. The van der Waals surface area contributed by atoms with Crippen molar-refractivity contribution >= 4 is 29.3 Å². The lowest BCUT2D eigenvalue weighted by Gasteiger charge is -2.34.